The first kappa shape index (κ1) is 27.5. The molecule has 1 aromatic heterocycles. The lowest BCUT2D eigenvalue weighted by Crippen LogP contribution is -2.47. The normalized spacial score (nSPS) is 23.6. The Bertz CT molecular complexity index is 1050. The van der Waals surface area contributed by atoms with E-state index in [2.05, 4.69) is 31.1 Å². The van der Waals surface area contributed by atoms with Gasteiger partial charge in [0.05, 0.1) is 16.6 Å². The van der Waals surface area contributed by atoms with Gasteiger partial charge in [-0.05, 0) is 39.0 Å². The molecule has 0 spiro atoms. The molecule has 1 fully saturated rings. The highest BCUT2D eigenvalue weighted by Crippen LogP contribution is 2.47. The van der Waals surface area contributed by atoms with Gasteiger partial charge < -0.3 is 20.1 Å². The molecule has 35 heavy (non-hydrogen) atoms. The van der Waals surface area contributed by atoms with Crippen LogP contribution in [0.15, 0.2) is 42.2 Å². The highest BCUT2D eigenvalue weighted by molar-refractivity contribution is 9.09. The number of hydrogen-bond donors (Lipinski definition) is 4. The van der Waals surface area contributed by atoms with Gasteiger partial charge in [-0.3, -0.25) is 18.7 Å². The third-order valence-corrected chi connectivity index (χ3v) is 8.69. The van der Waals surface area contributed by atoms with Crippen molar-refractivity contribution in [2.24, 2.45) is 0 Å². The number of halogens is 1. The van der Waals surface area contributed by atoms with Crippen LogP contribution >= 0.6 is 26.5 Å². The second-order valence-electron chi connectivity index (χ2n) is 8.88. The molecule has 1 atom stereocenters. The number of carbonyl (C=O) groups excluding carboxylic acids is 2. The summed E-state index contributed by atoms with van der Waals surface area (Å²) in [5.74, 6) is -0.168. The van der Waals surface area contributed by atoms with E-state index in [0.29, 0.717) is 41.7 Å². The van der Waals surface area contributed by atoms with Crippen molar-refractivity contribution in [1.82, 2.24) is 20.1 Å². The van der Waals surface area contributed by atoms with Crippen LogP contribution in [-0.4, -0.2) is 85.3 Å². The molecular formula is C25H35BrN4O4S. The van der Waals surface area contributed by atoms with Gasteiger partial charge in [-0.1, -0.05) is 46.3 Å². The van der Waals surface area contributed by atoms with Crippen molar-refractivity contribution < 1.29 is 18.7 Å². The first-order chi connectivity index (χ1) is 16.6. The second-order valence-corrected chi connectivity index (χ2v) is 11.9. The molecular weight excluding hydrogens is 532 g/mol. The Morgan fingerprint density at radius 2 is 1.94 bits per heavy atom. The van der Waals surface area contributed by atoms with Crippen molar-refractivity contribution in [3.8, 4) is 0 Å². The van der Waals surface area contributed by atoms with Crippen LogP contribution in [0.25, 0.3) is 6.08 Å². The maximum absolute atomic E-state index is 13.2. The van der Waals surface area contributed by atoms with Crippen LogP contribution in [0.5, 0.6) is 0 Å². The zero-order valence-corrected chi connectivity index (χ0v) is 22.9. The Morgan fingerprint density at radius 1 is 1.23 bits per heavy atom. The number of rotatable bonds is 6. The van der Waals surface area contributed by atoms with E-state index in [1.54, 1.807) is 30.4 Å². The SMILES string of the molecule is Cc1[nH]c(/C=C2/C=C/C(S(O)(O)C/C=C/CBr)C/C=C/NC2=O)c(C)c1C(=O)N1CCN(C)CC1. The van der Waals surface area contributed by atoms with Crippen molar-refractivity contribution in [3.05, 3.63) is 64.7 Å². The number of H-pyrrole nitrogens is 1. The predicted octanol–water partition coefficient (Wildman–Crippen LogP) is 4.06. The summed E-state index contributed by atoms with van der Waals surface area (Å²) in [5.41, 5.74) is 3.23. The molecule has 2 aliphatic heterocycles. The van der Waals surface area contributed by atoms with E-state index in [-0.39, 0.29) is 17.6 Å². The average molecular weight is 568 g/mol. The fourth-order valence-corrected chi connectivity index (χ4v) is 5.82. The number of hydrogen-bond acceptors (Lipinski definition) is 5. The van der Waals surface area contributed by atoms with E-state index in [0.717, 1.165) is 24.3 Å². The van der Waals surface area contributed by atoms with Crippen molar-refractivity contribution in [2.75, 3.05) is 44.3 Å². The minimum atomic E-state index is -2.94. The third-order valence-electron chi connectivity index (χ3n) is 6.32. The fourth-order valence-electron chi connectivity index (χ4n) is 4.14. The lowest BCUT2D eigenvalue weighted by Gasteiger charge is -2.37. The number of likely N-dealkylation sites (N-methyl/N-ethyl adjacent to an activating group) is 1. The Balaban J connectivity index is 1.89. The molecule has 0 radical (unpaired) electrons. The molecule has 2 amide bonds. The zero-order valence-electron chi connectivity index (χ0n) is 20.5. The van der Waals surface area contributed by atoms with E-state index in [4.69, 9.17) is 0 Å². The van der Waals surface area contributed by atoms with Gasteiger partial charge in [-0.2, -0.15) is 10.6 Å². The van der Waals surface area contributed by atoms with E-state index >= 15 is 0 Å². The molecule has 3 heterocycles. The van der Waals surface area contributed by atoms with Crippen LogP contribution in [0.2, 0.25) is 0 Å². The van der Waals surface area contributed by atoms with Crippen LogP contribution in [0.3, 0.4) is 0 Å². The summed E-state index contributed by atoms with van der Waals surface area (Å²) in [7, 11) is -0.888. The highest BCUT2D eigenvalue weighted by Gasteiger charge is 2.26. The molecule has 1 aromatic rings. The van der Waals surface area contributed by atoms with E-state index < -0.39 is 15.8 Å². The number of amides is 2. The van der Waals surface area contributed by atoms with Crippen LogP contribution in [0.4, 0.5) is 0 Å². The first-order valence-corrected chi connectivity index (χ1v) is 14.5. The van der Waals surface area contributed by atoms with Gasteiger partial charge in [0.15, 0.2) is 0 Å². The summed E-state index contributed by atoms with van der Waals surface area (Å²) in [5, 5.41) is 2.84. The van der Waals surface area contributed by atoms with Gasteiger partial charge in [-0.25, -0.2) is 0 Å². The molecule has 8 nitrogen and oxygen atoms in total. The van der Waals surface area contributed by atoms with Gasteiger partial charge in [0.25, 0.3) is 11.8 Å². The number of alkyl halides is 1. The molecule has 0 aromatic carbocycles. The summed E-state index contributed by atoms with van der Waals surface area (Å²) in [6.45, 7) is 6.81. The smallest absolute Gasteiger partial charge is 0.256 e. The van der Waals surface area contributed by atoms with Gasteiger partial charge in [-0.15, -0.1) is 0 Å². The number of nitrogens with one attached hydrogen (secondary N) is 2. The number of aromatic amines is 1. The van der Waals surface area contributed by atoms with E-state index in [9.17, 15) is 18.7 Å². The molecule has 0 saturated carbocycles. The molecule has 0 aliphatic carbocycles. The topological polar surface area (TPSA) is 109 Å². The number of piperazine rings is 1. The number of carbonyl (C=O) groups is 2. The molecule has 3 rings (SSSR count). The summed E-state index contributed by atoms with van der Waals surface area (Å²) >= 11 is 3.29. The lowest BCUT2D eigenvalue weighted by molar-refractivity contribution is -0.116. The number of allylic oxidation sites excluding steroid dienone is 2. The highest BCUT2D eigenvalue weighted by atomic mass is 79.9. The number of aromatic nitrogens is 1. The minimum absolute atomic E-state index is 0.00284. The summed E-state index contributed by atoms with van der Waals surface area (Å²) in [6.07, 6.45) is 12.3. The quantitative estimate of drug-likeness (QED) is 0.236. The maximum Gasteiger partial charge on any atom is 0.256 e. The summed E-state index contributed by atoms with van der Waals surface area (Å²) in [4.78, 5) is 33.4. The van der Waals surface area contributed by atoms with Crippen molar-refractivity contribution in [1.29, 1.82) is 0 Å². The van der Waals surface area contributed by atoms with E-state index in [1.165, 1.54) is 6.20 Å². The Hall–Kier alpha value is -2.11. The molecule has 192 valence electrons. The van der Waals surface area contributed by atoms with Gasteiger partial charge >= 0.3 is 0 Å². The van der Waals surface area contributed by atoms with Gasteiger partial charge in [0.1, 0.15) is 0 Å². The Kier molecular flexibility index (Phi) is 9.60. The van der Waals surface area contributed by atoms with Gasteiger partial charge in [0.2, 0.25) is 0 Å². The molecule has 2 aliphatic rings. The third kappa shape index (κ3) is 6.98. The average Bonchev–Trinajstić information content (AvgIpc) is 3.13. The molecule has 1 saturated heterocycles. The van der Waals surface area contributed by atoms with Crippen LogP contribution in [0, 0.1) is 13.8 Å². The first-order valence-electron chi connectivity index (χ1n) is 11.6. The number of nitrogens with zero attached hydrogens (tertiary/aromatic N) is 2. The monoisotopic (exact) mass is 566 g/mol. The lowest BCUT2D eigenvalue weighted by atomic mass is 10.1. The zero-order chi connectivity index (χ0) is 25.6. The molecule has 4 N–H and O–H groups in total. The van der Waals surface area contributed by atoms with E-state index in [1.807, 2.05) is 31.9 Å². The molecule has 1 unspecified atom stereocenters. The van der Waals surface area contributed by atoms with Crippen molar-refractivity contribution >= 4 is 44.4 Å². The summed E-state index contributed by atoms with van der Waals surface area (Å²) in [6, 6.07) is 0. The van der Waals surface area contributed by atoms with Crippen LogP contribution < -0.4 is 5.32 Å². The Labute approximate surface area is 217 Å². The summed E-state index contributed by atoms with van der Waals surface area (Å²) < 4.78 is 21.4. The fraction of sp³-hybridized carbons (Fsp3) is 0.440. The van der Waals surface area contributed by atoms with Crippen LogP contribution in [0.1, 0.15) is 33.7 Å². The maximum atomic E-state index is 13.2. The minimum Gasteiger partial charge on any atom is -0.358 e. The standard InChI is InChI=1S/C25H35BrN4O4S/c1-18-22(28-19(2)23(18)25(32)30-14-12-29(3)13-15-30)17-20-8-9-21(7-6-11-27-24(20)31)35(33,34)16-5-4-10-26/h4-6,8-9,11,17,21,28,33-34H,7,10,12-16H2,1-3H3,(H,27,31)/b5-4+,9-8+,11-6+,20-17-. The largest absolute Gasteiger partial charge is 0.358 e. The van der Waals surface area contributed by atoms with Gasteiger partial charge in [0, 0.05) is 54.7 Å². The molecule has 0 bridgehead atoms. The number of aryl methyl sites for hydroxylation is 1. The molecule has 10 heteroatoms. The van der Waals surface area contributed by atoms with Crippen molar-refractivity contribution in [3.63, 3.8) is 0 Å². The Morgan fingerprint density at radius 3 is 2.63 bits per heavy atom. The predicted molar refractivity (Wildman–Crippen MR) is 147 cm³/mol. The van der Waals surface area contributed by atoms with Crippen molar-refractivity contribution in [2.45, 2.75) is 25.5 Å². The second kappa shape index (κ2) is 12.2. The van der Waals surface area contributed by atoms with Crippen LogP contribution in [-0.2, 0) is 4.79 Å².